The van der Waals surface area contributed by atoms with Gasteiger partial charge in [0.15, 0.2) is 18.2 Å². The van der Waals surface area contributed by atoms with Gasteiger partial charge < -0.3 is 30.3 Å². The van der Waals surface area contributed by atoms with E-state index in [1.807, 2.05) is 33.0 Å². The first kappa shape index (κ1) is 41.9. The van der Waals surface area contributed by atoms with E-state index in [-0.39, 0.29) is 54.3 Å². The maximum absolute atomic E-state index is 13.2. The molecule has 8 rings (SSSR count). The van der Waals surface area contributed by atoms with Crippen molar-refractivity contribution in [3.8, 4) is 5.75 Å². The fourth-order valence-corrected chi connectivity index (χ4v) is 8.81. The van der Waals surface area contributed by atoms with Gasteiger partial charge in [-0.2, -0.15) is 10.1 Å². The number of aliphatic hydroxyl groups is 1. The third-order valence-corrected chi connectivity index (χ3v) is 12.3. The van der Waals surface area contributed by atoms with Gasteiger partial charge in [-0.05, 0) is 69.4 Å². The molecule has 61 heavy (non-hydrogen) atoms. The molecule has 1 aromatic carbocycles. The zero-order valence-electron chi connectivity index (χ0n) is 34.7. The Morgan fingerprint density at radius 2 is 1.84 bits per heavy atom. The van der Waals surface area contributed by atoms with E-state index in [0.29, 0.717) is 64.5 Å². The normalized spacial score (nSPS) is 19.2. The number of aromatic nitrogens is 6. The van der Waals surface area contributed by atoms with Crippen molar-refractivity contribution in [3.05, 3.63) is 63.8 Å². The number of pyridine rings is 2. The van der Waals surface area contributed by atoms with Gasteiger partial charge in [-0.3, -0.25) is 38.6 Å². The van der Waals surface area contributed by atoms with Crippen LogP contribution >= 0.6 is 11.6 Å². The Morgan fingerprint density at radius 1 is 1.03 bits per heavy atom. The third kappa shape index (κ3) is 8.69. The number of fused-ring (bicyclic) bond motifs is 2. The number of aliphatic hydroxyl groups excluding tert-OH is 1. The number of aryl methyl sites for hydroxylation is 1. The number of amides is 3. The van der Waals surface area contributed by atoms with Gasteiger partial charge in [0.1, 0.15) is 10.7 Å². The molecule has 19 heteroatoms. The second-order valence-electron chi connectivity index (χ2n) is 16.3. The number of nitrogens with one attached hydrogen (secondary N) is 3. The van der Waals surface area contributed by atoms with Gasteiger partial charge in [0.2, 0.25) is 17.8 Å². The van der Waals surface area contributed by atoms with Gasteiger partial charge >= 0.3 is 0 Å². The van der Waals surface area contributed by atoms with Gasteiger partial charge in [0.25, 0.3) is 11.5 Å². The van der Waals surface area contributed by atoms with Crippen LogP contribution in [0.5, 0.6) is 5.75 Å². The summed E-state index contributed by atoms with van der Waals surface area (Å²) in [6, 6.07) is 9.37. The van der Waals surface area contributed by atoms with Crippen LogP contribution in [0.2, 0.25) is 5.02 Å². The predicted octanol–water partition coefficient (Wildman–Crippen LogP) is 3.10. The number of anilines is 4. The zero-order chi connectivity index (χ0) is 42.9. The number of piperazine rings is 1. The molecule has 0 radical (unpaired) electrons. The number of hydrogen-bond acceptors (Lipinski definition) is 14. The largest absolute Gasteiger partial charge is 0.478 e. The number of hydrogen-bond donors (Lipinski definition) is 4. The Labute approximate surface area is 357 Å². The van der Waals surface area contributed by atoms with Crippen molar-refractivity contribution in [1.82, 2.24) is 44.8 Å². The lowest BCUT2D eigenvalue weighted by atomic mass is 9.92. The van der Waals surface area contributed by atoms with Crippen LogP contribution in [0.15, 0.2) is 47.5 Å². The van der Waals surface area contributed by atoms with Crippen LogP contribution in [0.3, 0.4) is 0 Å². The molecule has 0 saturated carbocycles. The van der Waals surface area contributed by atoms with Crippen molar-refractivity contribution in [3.63, 3.8) is 0 Å². The summed E-state index contributed by atoms with van der Waals surface area (Å²) < 4.78 is 8.93. The molecule has 3 fully saturated rings. The number of ether oxygens (including phenoxy) is 1. The van der Waals surface area contributed by atoms with Crippen molar-refractivity contribution >= 4 is 74.4 Å². The van der Waals surface area contributed by atoms with Crippen molar-refractivity contribution in [2.24, 2.45) is 13.0 Å². The van der Waals surface area contributed by atoms with E-state index >= 15 is 0 Å². The number of rotatable bonds is 12. The maximum Gasteiger partial charge on any atom is 0.294 e. The summed E-state index contributed by atoms with van der Waals surface area (Å²) in [5, 5.41) is 25.3. The minimum absolute atomic E-state index is 0.0227. The molecule has 1 unspecified atom stereocenters. The van der Waals surface area contributed by atoms with Gasteiger partial charge in [-0.25, -0.2) is 9.97 Å². The first-order chi connectivity index (χ1) is 29.4. The maximum atomic E-state index is 13.2. The van der Waals surface area contributed by atoms with Crippen molar-refractivity contribution in [1.29, 1.82) is 0 Å². The van der Waals surface area contributed by atoms with E-state index in [1.54, 1.807) is 23.1 Å². The summed E-state index contributed by atoms with van der Waals surface area (Å²) in [6.45, 7) is 8.25. The number of piperidine rings is 2. The number of carbonyl (C=O) groups excluding carboxylic acids is 3. The lowest BCUT2D eigenvalue weighted by molar-refractivity contribution is -0.134. The van der Waals surface area contributed by atoms with E-state index in [2.05, 4.69) is 52.8 Å². The van der Waals surface area contributed by atoms with Crippen LogP contribution < -0.4 is 36.0 Å². The second kappa shape index (κ2) is 17.6. The molecule has 18 nitrogen and oxygen atoms in total. The SMILES string of the molecule is CNC(=O)COc1cc2cc(Nc3nc(N4CCC(CN5CCN(c6ccc7c(C8CCC(=O)NC8=O)nn(C)c7c6)C[C@@H]5CO)CC4)ncc3Cl)cnc2n(C(C)C)c1=O. The number of imide groups is 1. The van der Waals surface area contributed by atoms with Gasteiger partial charge in [-0.1, -0.05) is 11.6 Å². The first-order valence-corrected chi connectivity index (χ1v) is 21.1. The molecule has 3 amide bonds. The molecule has 0 bridgehead atoms. The molecule has 2 atom stereocenters. The Hall–Kier alpha value is -5.85. The predicted molar refractivity (Wildman–Crippen MR) is 232 cm³/mol. The fraction of sp³-hybridized carbons (Fsp3) is 0.476. The average molecular weight is 855 g/mol. The van der Waals surface area contributed by atoms with Gasteiger partial charge in [0.05, 0.1) is 47.9 Å². The highest BCUT2D eigenvalue weighted by Gasteiger charge is 2.33. The lowest BCUT2D eigenvalue weighted by Gasteiger charge is -2.44. The van der Waals surface area contributed by atoms with E-state index in [0.717, 1.165) is 62.2 Å². The van der Waals surface area contributed by atoms with Crippen LogP contribution in [-0.2, 0) is 21.4 Å². The number of benzene rings is 1. The summed E-state index contributed by atoms with van der Waals surface area (Å²) in [6.07, 6.45) is 5.84. The first-order valence-electron chi connectivity index (χ1n) is 20.7. The topological polar surface area (TPSA) is 205 Å². The summed E-state index contributed by atoms with van der Waals surface area (Å²) in [5.41, 5.74) is 3.36. The van der Waals surface area contributed by atoms with Crippen molar-refractivity contribution < 1.29 is 24.2 Å². The van der Waals surface area contributed by atoms with Crippen LogP contribution in [0.25, 0.3) is 21.9 Å². The van der Waals surface area contributed by atoms with Gasteiger partial charge in [-0.15, -0.1) is 0 Å². The molecule has 4 aromatic heterocycles. The average Bonchev–Trinajstić information content (AvgIpc) is 3.58. The molecular formula is C42H51ClN12O6. The van der Waals surface area contributed by atoms with Crippen molar-refractivity contribution in [2.75, 3.05) is 74.6 Å². The van der Waals surface area contributed by atoms with E-state index in [1.165, 1.54) is 11.6 Å². The quantitative estimate of drug-likeness (QED) is 0.133. The van der Waals surface area contributed by atoms with E-state index < -0.39 is 5.92 Å². The Kier molecular flexibility index (Phi) is 12.1. The zero-order valence-corrected chi connectivity index (χ0v) is 35.5. The highest BCUT2D eigenvalue weighted by atomic mass is 35.5. The van der Waals surface area contributed by atoms with Crippen molar-refractivity contribution in [2.45, 2.75) is 57.5 Å². The van der Waals surface area contributed by atoms with Gasteiger partial charge in [0, 0.05) is 82.3 Å². The highest BCUT2D eigenvalue weighted by Crippen LogP contribution is 2.34. The van der Waals surface area contributed by atoms with Crippen LogP contribution in [0.4, 0.5) is 23.1 Å². The molecule has 3 aliphatic rings. The molecule has 3 aliphatic heterocycles. The summed E-state index contributed by atoms with van der Waals surface area (Å²) in [7, 11) is 3.38. The monoisotopic (exact) mass is 854 g/mol. The third-order valence-electron chi connectivity index (χ3n) is 12.0. The van der Waals surface area contributed by atoms with Crippen LogP contribution in [-0.4, -0.2) is 123 Å². The summed E-state index contributed by atoms with van der Waals surface area (Å²) >= 11 is 6.60. The lowest BCUT2D eigenvalue weighted by Crippen LogP contribution is -2.56. The van der Waals surface area contributed by atoms with E-state index in [9.17, 15) is 24.3 Å². The standard InChI is InChI=1S/C42H51ClN12O6/c1-24(2)55-39-26(16-34(41(55)60)61-23-36(58)44-3)15-27(18-45-39)47-38-32(43)19-46-42(49-38)52-11-9-25(10-12-52)20-53-13-14-54(21-29(53)22-56)28-5-6-30-33(17-28)51(4)50-37(30)31-7-8-35(57)48-40(31)59/h5-6,15-19,24-25,29,31,56H,7-14,20-23H2,1-4H3,(H,44,58)(H,46,47,49)(H,48,57,59)/t29-,31?/m1/s1. The molecule has 0 spiro atoms. The Morgan fingerprint density at radius 3 is 2.57 bits per heavy atom. The fourth-order valence-electron chi connectivity index (χ4n) is 8.67. The highest BCUT2D eigenvalue weighted by molar-refractivity contribution is 6.33. The molecule has 4 N–H and O–H groups in total. The number of likely N-dealkylation sites (N-methyl/N-ethyl adjacent to an activating group) is 1. The number of carbonyl (C=O) groups is 3. The molecule has 0 aliphatic carbocycles. The Balaban J connectivity index is 0.888. The second-order valence-corrected chi connectivity index (χ2v) is 16.7. The molecule has 322 valence electrons. The van der Waals surface area contributed by atoms with E-state index in [4.69, 9.17) is 26.4 Å². The minimum atomic E-state index is -0.455. The van der Waals surface area contributed by atoms with Crippen LogP contribution in [0.1, 0.15) is 57.2 Å². The smallest absolute Gasteiger partial charge is 0.294 e. The van der Waals surface area contributed by atoms with Crippen LogP contribution in [0, 0.1) is 5.92 Å². The molecule has 7 heterocycles. The number of nitrogens with zero attached hydrogens (tertiary/aromatic N) is 9. The molecule has 5 aromatic rings. The molecular weight excluding hydrogens is 804 g/mol. The Bertz CT molecular complexity index is 2540. The molecule has 3 saturated heterocycles. The summed E-state index contributed by atoms with van der Waals surface area (Å²) in [5.74, 6) is 0.127. The summed E-state index contributed by atoms with van der Waals surface area (Å²) in [4.78, 5) is 70.3. The minimum Gasteiger partial charge on any atom is -0.478 e. The number of halogens is 1.